The average Bonchev–Trinajstić information content (AvgIpc) is 3.43. The lowest BCUT2D eigenvalue weighted by Gasteiger charge is -2.38. The van der Waals surface area contributed by atoms with Crippen LogP contribution in [0.5, 0.6) is 0 Å². The van der Waals surface area contributed by atoms with Crippen molar-refractivity contribution in [3.05, 3.63) is 47.3 Å². The number of fused-ring (bicyclic) bond motifs is 1. The first-order chi connectivity index (χ1) is 14.5. The number of halogens is 2. The molecule has 0 spiro atoms. The van der Waals surface area contributed by atoms with Crippen LogP contribution in [-0.4, -0.2) is 39.2 Å². The van der Waals surface area contributed by atoms with Crippen LogP contribution in [0.3, 0.4) is 0 Å². The van der Waals surface area contributed by atoms with Crippen LogP contribution in [0.1, 0.15) is 43.0 Å². The second-order valence-corrected chi connectivity index (χ2v) is 8.75. The number of hydrazone groups is 1. The van der Waals surface area contributed by atoms with E-state index in [9.17, 15) is 13.6 Å². The molecule has 0 N–H and O–H groups in total. The Kier molecular flexibility index (Phi) is 4.65. The lowest BCUT2D eigenvalue weighted by Crippen LogP contribution is -2.35. The number of nitrogens with zero attached hydrogens (tertiary/aromatic N) is 5. The minimum Gasteiger partial charge on any atom is -0.378 e. The Labute approximate surface area is 172 Å². The highest BCUT2D eigenvalue weighted by Crippen LogP contribution is 2.63. The first kappa shape index (κ1) is 19.3. The van der Waals surface area contributed by atoms with Gasteiger partial charge in [0.05, 0.1) is 18.8 Å². The van der Waals surface area contributed by atoms with E-state index in [1.165, 1.54) is 17.1 Å². The van der Waals surface area contributed by atoms with Gasteiger partial charge in [0.25, 0.3) is 0 Å². The van der Waals surface area contributed by atoms with Crippen molar-refractivity contribution in [2.75, 3.05) is 7.11 Å². The highest BCUT2D eigenvalue weighted by atomic mass is 19.1. The molecular formula is C21H23F2N5O2. The number of hydrogen-bond donors (Lipinski definition) is 0. The molecule has 3 aliphatic carbocycles. The van der Waals surface area contributed by atoms with Gasteiger partial charge in [-0.05, 0) is 48.3 Å². The Balaban J connectivity index is 1.28. The van der Waals surface area contributed by atoms with Gasteiger partial charge in [-0.3, -0.25) is 9.48 Å². The molecular weight excluding hydrogens is 392 g/mol. The normalized spacial score (nSPS) is 29.4. The van der Waals surface area contributed by atoms with Gasteiger partial charge in [-0.2, -0.15) is 5.10 Å². The summed E-state index contributed by atoms with van der Waals surface area (Å²) in [5.74, 6) is -1.15. The number of methoxy groups -OCH3 is 1. The molecule has 2 unspecified atom stereocenters. The Hall–Kier alpha value is -2.68. The van der Waals surface area contributed by atoms with Crippen LogP contribution in [0.25, 0.3) is 0 Å². The molecule has 1 amide bonds. The number of aromatic nitrogens is 3. The standard InChI is InChI=1S/C21H23F2N5O2/c1-30-11-17-10-27(26-25-17)12-21-7-14(8-21)18(9-21)20(29)28-19(2-3-24-28)13-4-15(22)6-16(23)5-13/h3-6,10,14,18-19H,2,7-9,11-12H2,1H3. The predicted octanol–water partition coefficient (Wildman–Crippen LogP) is 3.08. The fourth-order valence-corrected chi connectivity index (χ4v) is 5.43. The van der Waals surface area contributed by atoms with Crippen LogP contribution in [0.4, 0.5) is 8.78 Å². The van der Waals surface area contributed by atoms with E-state index in [1.807, 2.05) is 10.9 Å². The fourth-order valence-electron chi connectivity index (χ4n) is 5.43. The summed E-state index contributed by atoms with van der Waals surface area (Å²) in [5, 5.41) is 14.0. The second-order valence-electron chi connectivity index (χ2n) is 8.75. The highest BCUT2D eigenvalue weighted by Gasteiger charge is 2.59. The maximum Gasteiger partial charge on any atom is 0.246 e. The van der Waals surface area contributed by atoms with Crippen LogP contribution in [0.15, 0.2) is 29.5 Å². The summed E-state index contributed by atoms with van der Waals surface area (Å²) in [5.41, 5.74) is 1.27. The summed E-state index contributed by atoms with van der Waals surface area (Å²) in [6.45, 7) is 1.15. The van der Waals surface area contributed by atoms with Crippen molar-refractivity contribution in [1.29, 1.82) is 0 Å². The quantitative estimate of drug-likeness (QED) is 0.727. The minimum atomic E-state index is -0.646. The molecule has 0 radical (unpaired) electrons. The number of carbonyl (C=O) groups excluding carboxylic acids is 1. The molecule has 2 bridgehead atoms. The smallest absolute Gasteiger partial charge is 0.246 e. The van der Waals surface area contributed by atoms with E-state index in [1.54, 1.807) is 13.3 Å². The van der Waals surface area contributed by atoms with Gasteiger partial charge < -0.3 is 4.74 Å². The molecule has 9 heteroatoms. The van der Waals surface area contributed by atoms with Crippen molar-refractivity contribution in [2.24, 2.45) is 22.4 Å². The summed E-state index contributed by atoms with van der Waals surface area (Å²) in [7, 11) is 1.62. The maximum absolute atomic E-state index is 13.7. The zero-order chi connectivity index (χ0) is 20.9. The number of amides is 1. The molecule has 3 fully saturated rings. The molecule has 30 heavy (non-hydrogen) atoms. The van der Waals surface area contributed by atoms with Crippen LogP contribution >= 0.6 is 0 Å². The molecule has 3 saturated carbocycles. The first-order valence-electron chi connectivity index (χ1n) is 10.2. The third-order valence-corrected chi connectivity index (χ3v) is 6.63. The average molecular weight is 415 g/mol. The Bertz CT molecular complexity index is 981. The summed E-state index contributed by atoms with van der Waals surface area (Å²) in [6.07, 6.45) is 6.71. The summed E-state index contributed by atoms with van der Waals surface area (Å²) in [4.78, 5) is 13.3. The Morgan fingerprint density at radius 3 is 2.73 bits per heavy atom. The minimum absolute atomic E-state index is 0.0485. The summed E-state index contributed by atoms with van der Waals surface area (Å²) in [6, 6.07) is 2.94. The van der Waals surface area contributed by atoms with E-state index >= 15 is 0 Å². The van der Waals surface area contributed by atoms with E-state index in [-0.39, 0.29) is 17.2 Å². The van der Waals surface area contributed by atoms with E-state index < -0.39 is 17.7 Å². The SMILES string of the molecule is COCc1cn(CC23CC(C2)C(C(=O)N2N=CCC2c2cc(F)cc(F)c2)C3)nn1. The van der Waals surface area contributed by atoms with Crippen molar-refractivity contribution >= 4 is 12.1 Å². The van der Waals surface area contributed by atoms with Gasteiger partial charge >= 0.3 is 0 Å². The van der Waals surface area contributed by atoms with E-state index in [0.29, 0.717) is 24.5 Å². The largest absolute Gasteiger partial charge is 0.378 e. The number of hydrogen-bond acceptors (Lipinski definition) is 5. The van der Waals surface area contributed by atoms with Crippen molar-refractivity contribution in [3.63, 3.8) is 0 Å². The maximum atomic E-state index is 13.7. The molecule has 4 aliphatic rings. The van der Waals surface area contributed by atoms with Crippen LogP contribution in [0, 0.1) is 28.9 Å². The van der Waals surface area contributed by atoms with Gasteiger partial charge in [0, 0.05) is 38.3 Å². The molecule has 0 saturated heterocycles. The van der Waals surface area contributed by atoms with Gasteiger partial charge in [-0.25, -0.2) is 13.8 Å². The number of rotatable bonds is 6. The molecule has 2 atom stereocenters. The van der Waals surface area contributed by atoms with E-state index in [0.717, 1.165) is 37.6 Å². The molecule has 2 heterocycles. The molecule has 1 aromatic carbocycles. The molecule has 6 rings (SSSR count). The predicted molar refractivity (Wildman–Crippen MR) is 103 cm³/mol. The second kappa shape index (κ2) is 7.23. The topological polar surface area (TPSA) is 72.6 Å². The number of carbonyl (C=O) groups is 1. The van der Waals surface area contributed by atoms with Crippen molar-refractivity contribution in [1.82, 2.24) is 20.0 Å². The van der Waals surface area contributed by atoms with Gasteiger partial charge in [0.15, 0.2) is 0 Å². The Morgan fingerprint density at radius 2 is 2.00 bits per heavy atom. The Morgan fingerprint density at radius 1 is 1.23 bits per heavy atom. The van der Waals surface area contributed by atoms with Crippen molar-refractivity contribution in [3.8, 4) is 0 Å². The monoisotopic (exact) mass is 415 g/mol. The molecule has 158 valence electrons. The van der Waals surface area contributed by atoms with Gasteiger partial charge in [0.2, 0.25) is 5.91 Å². The van der Waals surface area contributed by atoms with Crippen molar-refractivity contribution < 1.29 is 18.3 Å². The number of ether oxygens (including phenoxy) is 1. The zero-order valence-corrected chi connectivity index (χ0v) is 16.7. The molecule has 2 aromatic rings. The van der Waals surface area contributed by atoms with Gasteiger partial charge in [-0.15, -0.1) is 5.10 Å². The molecule has 1 aromatic heterocycles. The van der Waals surface area contributed by atoms with E-state index in [2.05, 4.69) is 15.4 Å². The van der Waals surface area contributed by atoms with Crippen LogP contribution in [-0.2, 0) is 22.7 Å². The fraction of sp³-hybridized carbons (Fsp3) is 0.524. The van der Waals surface area contributed by atoms with Crippen molar-refractivity contribution in [2.45, 2.75) is 44.9 Å². The third-order valence-electron chi connectivity index (χ3n) is 6.63. The first-order valence-corrected chi connectivity index (χ1v) is 10.2. The third kappa shape index (κ3) is 3.30. The van der Waals surface area contributed by atoms with Gasteiger partial charge in [-0.1, -0.05) is 5.21 Å². The molecule has 7 nitrogen and oxygen atoms in total. The molecule has 1 aliphatic heterocycles. The lowest BCUT2D eigenvalue weighted by molar-refractivity contribution is -0.138. The van der Waals surface area contributed by atoms with Crippen LogP contribution in [0.2, 0.25) is 0 Å². The summed E-state index contributed by atoms with van der Waals surface area (Å²) < 4.78 is 34.3. The lowest BCUT2D eigenvalue weighted by atomic mass is 9.69. The number of benzene rings is 1. The highest BCUT2D eigenvalue weighted by molar-refractivity contribution is 5.83. The van der Waals surface area contributed by atoms with Crippen LogP contribution < -0.4 is 0 Å². The van der Waals surface area contributed by atoms with E-state index in [4.69, 9.17) is 4.74 Å². The zero-order valence-electron chi connectivity index (χ0n) is 16.7. The summed E-state index contributed by atoms with van der Waals surface area (Å²) >= 11 is 0. The van der Waals surface area contributed by atoms with Gasteiger partial charge in [0.1, 0.15) is 17.3 Å².